The van der Waals surface area contributed by atoms with Crippen LogP contribution in [0.1, 0.15) is 29.8 Å². The topological polar surface area (TPSA) is 39.2 Å². The maximum atomic E-state index is 13.0. The zero-order valence-electron chi connectivity index (χ0n) is 11.7. The largest absolute Gasteiger partial charge is 0.495 e. The first-order chi connectivity index (χ1) is 9.45. The second kappa shape index (κ2) is 5.41. The third-order valence-corrected chi connectivity index (χ3v) is 3.34. The number of Topliss-reactive ketones (excluding diaryl/α,β-unsaturated/α-hetero) is 1. The molecule has 0 atom stereocenters. The maximum Gasteiger partial charge on any atom is 0.174 e. The van der Waals surface area contributed by atoms with Crippen LogP contribution in [0, 0.1) is 5.82 Å². The highest BCUT2D eigenvalue weighted by atomic mass is 19.1. The number of carbonyl (C=O) groups excluding carboxylic acids is 1. The van der Waals surface area contributed by atoms with Gasteiger partial charge in [0.25, 0.3) is 0 Å². The van der Waals surface area contributed by atoms with Gasteiger partial charge in [0, 0.05) is 11.8 Å². The van der Waals surface area contributed by atoms with Gasteiger partial charge in [0.2, 0.25) is 0 Å². The summed E-state index contributed by atoms with van der Waals surface area (Å²) in [6.45, 7) is 3.62. The molecule has 0 aliphatic rings. The van der Waals surface area contributed by atoms with E-state index in [1.54, 1.807) is 24.4 Å². The van der Waals surface area contributed by atoms with E-state index in [9.17, 15) is 9.18 Å². The number of hydrogen-bond acceptors (Lipinski definition) is 3. The Balaban J connectivity index is 2.37. The zero-order valence-corrected chi connectivity index (χ0v) is 11.7. The van der Waals surface area contributed by atoms with Crippen molar-refractivity contribution < 1.29 is 13.9 Å². The third-order valence-electron chi connectivity index (χ3n) is 3.34. The normalized spacial score (nSPS) is 11.2. The minimum absolute atomic E-state index is 0.0875. The number of halogens is 1. The van der Waals surface area contributed by atoms with E-state index >= 15 is 0 Å². The minimum atomic E-state index is -0.762. The molecular weight excluding hydrogens is 257 g/mol. The Morgan fingerprint density at radius 3 is 2.45 bits per heavy atom. The lowest BCUT2D eigenvalue weighted by atomic mass is 9.78. The van der Waals surface area contributed by atoms with Crippen molar-refractivity contribution in [2.75, 3.05) is 7.11 Å². The van der Waals surface area contributed by atoms with Crippen LogP contribution in [0.5, 0.6) is 5.75 Å². The van der Waals surface area contributed by atoms with E-state index in [4.69, 9.17) is 4.74 Å². The lowest BCUT2D eigenvalue weighted by molar-refractivity contribution is 0.0908. The van der Waals surface area contributed by atoms with E-state index in [0.29, 0.717) is 11.3 Å². The highest BCUT2D eigenvalue weighted by molar-refractivity contribution is 6.03. The van der Waals surface area contributed by atoms with Crippen LogP contribution in [0.3, 0.4) is 0 Å². The molecule has 0 saturated carbocycles. The van der Waals surface area contributed by atoms with Crippen molar-refractivity contribution in [2.24, 2.45) is 0 Å². The number of methoxy groups -OCH3 is 1. The third kappa shape index (κ3) is 2.69. The Labute approximate surface area is 117 Å². The fourth-order valence-electron chi connectivity index (χ4n) is 2.01. The number of carbonyl (C=O) groups is 1. The molecule has 0 aliphatic carbocycles. The number of benzene rings is 1. The summed E-state index contributed by atoms with van der Waals surface area (Å²) in [6, 6.07) is 7.62. The maximum absolute atomic E-state index is 13.0. The fourth-order valence-corrected chi connectivity index (χ4v) is 2.01. The second-order valence-electron chi connectivity index (χ2n) is 5.07. The molecular formula is C16H16FNO2. The summed E-state index contributed by atoms with van der Waals surface area (Å²) in [5.41, 5.74) is 0.465. The minimum Gasteiger partial charge on any atom is -0.495 e. The number of pyridine rings is 1. The summed E-state index contributed by atoms with van der Waals surface area (Å²) in [4.78, 5) is 16.6. The first kappa shape index (κ1) is 14.2. The average molecular weight is 273 g/mol. The zero-order chi connectivity index (χ0) is 14.8. The van der Waals surface area contributed by atoms with Gasteiger partial charge < -0.3 is 4.74 Å². The van der Waals surface area contributed by atoms with Gasteiger partial charge in [-0.2, -0.15) is 0 Å². The number of ketones is 1. The first-order valence-corrected chi connectivity index (χ1v) is 6.25. The number of nitrogens with zero attached hydrogens (tertiary/aromatic N) is 1. The molecule has 2 aromatic rings. The summed E-state index contributed by atoms with van der Waals surface area (Å²) >= 11 is 0. The van der Waals surface area contributed by atoms with Gasteiger partial charge in [-0.25, -0.2) is 4.39 Å². The van der Waals surface area contributed by atoms with E-state index in [2.05, 4.69) is 4.98 Å². The van der Waals surface area contributed by atoms with E-state index in [-0.39, 0.29) is 11.6 Å². The Bertz CT molecular complexity index is 621. The summed E-state index contributed by atoms with van der Waals surface area (Å²) in [6.07, 6.45) is 3.05. The molecule has 0 N–H and O–H groups in total. The summed E-state index contributed by atoms with van der Waals surface area (Å²) < 4.78 is 18.1. The van der Waals surface area contributed by atoms with Crippen LogP contribution >= 0.6 is 0 Å². The molecule has 0 radical (unpaired) electrons. The predicted molar refractivity (Wildman–Crippen MR) is 74.5 cm³/mol. The van der Waals surface area contributed by atoms with Crippen molar-refractivity contribution in [3.05, 3.63) is 59.7 Å². The summed E-state index contributed by atoms with van der Waals surface area (Å²) in [5.74, 6) is 0.126. The molecule has 1 aromatic carbocycles. The average Bonchev–Trinajstić information content (AvgIpc) is 2.47. The van der Waals surface area contributed by atoms with E-state index < -0.39 is 5.41 Å². The van der Waals surface area contributed by atoms with Gasteiger partial charge in [-0.3, -0.25) is 9.78 Å². The van der Waals surface area contributed by atoms with E-state index in [1.165, 1.54) is 25.4 Å². The van der Waals surface area contributed by atoms with Crippen molar-refractivity contribution in [2.45, 2.75) is 19.3 Å². The van der Waals surface area contributed by atoms with Gasteiger partial charge in [-0.05, 0) is 37.6 Å². The number of rotatable bonds is 4. The van der Waals surface area contributed by atoms with Crippen LogP contribution in [0.2, 0.25) is 0 Å². The standard InChI is InChI=1S/C16H16FNO2/c1-16(2,12-4-6-13(17)7-5-12)15(19)11-8-14(20-3)10-18-9-11/h4-10H,1-3H3. The summed E-state index contributed by atoms with van der Waals surface area (Å²) in [7, 11) is 1.52. The lowest BCUT2D eigenvalue weighted by Gasteiger charge is -2.23. The monoisotopic (exact) mass is 273 g/mol. The molecule has 20 heavy (non-hydrogen) atoms. The van der Waals surface area contributed by atoms with Gasteiger partial charge in [0.15, 0.2) is 5.78 Å². The molecule has 4 heteroatoms. The predicted octanol–water partition coefficient (Wildman–Crippen LogP) is 3.39. The van der Waals surface area contributed by atoms with Crippen molar-refractivity contribution >= 4 is 5.78 Å². The molecule has 0 amide bonds. The summed E-state index contributed by atoms with van der Waals surface area (Å²) in [5, 5.41) is 0. The van der Waals surface area contributed by atoms with Crippen LogP contribution in [0.4, 0.5) is 4.39 Å². The Hall–Kier alpha value is -2.23. The molecule has 0 aliphatic heterocycles. The molecule has 0 fully saturated rings. The molecule has 104 valence electrons. The second-order valence-corrected chi connectivity index (χ2v) is 5.07. The van der Waals surface area contributed by atoms with Crippen molar-refractivity contribution in [1.29, 1.82) is 0 Å². The molecule has 0 saturated heterocycles. The Morgan fingerprint density at radius 2 is 1.85 bits per heavy atom. The Morgan fingerprint density at radius 1 is 1.20 bits per heavy atom. The molecule has 1 heterocycles. The van der Waals surface area contributed by atoms with Crippen molar-refractivity contribution in [3.8, 4) is 5.75 Å². The highest BCUT2D eigenvalue weighted by Gasteiger charge is 2.31. The van der Waals surface area contributed by atoms with Gasteiger partial charge in [-0.1, -0.05) is 12.1 Å². The van der Waals surface area contributed by atoms with Crippen molar-refractivity contribution in [1.82, 2.24) is 4.98 Å². The molecule has 3 nitrogen and oxygen atoms in total. The van der Waals surface area contributed by atoms with E-state index in [0.717, 1.165) is 5.56 Å². The van der Waals surface area contributed by atoms with Crippen LogP contribution < -0.4 is 4.74 Å². The fraction of sp³-hybridized carbons (Fsp3) is 0.250. The quantitative estimate of drug-likeness (QED) is 0.801. The lowest BCUT2D eigenvalue weighted by Crippen LogP contribution is -2.29. The highest BCUT2D eigenvalue weighted by Crippen LogP contribution is 2.28. The van der Waals surface area contributed by atoms with Crippen LogP contribution in [0.15, 0.2) is 42.7 Å². The SMILES string of the molecule is COc1cncc(C(=O)C(C)(C)c2ccc(F)cc2)c1. The first-order valence-electron chi connectivity index (χ1n) is 6.25. The smallest absolute Gasteiger partial charge is 0.174 e. The van der Waals surface area contributed by atoms with Crippen LogP contribution in [-0.4, -0.2) is 17.9 Å². The van der Waals surface area contributed by atoms with Gasteiger partial charge in [0.1, 0.15) is 11.6 Å². The molecule has 0 spiro atoms. The van der Waals surface area contributed by atoms with Crippen LogP contribution in [0.25, 0.3) is 0 Å². The number of hydrogen-bond donors (Lipinski definition) is 0. The van der Waals surface area contributed by atoms with Gasteiger partial charge in [0.05, 0.1) is 18.7 Å². The Kier molecular flexibility index (Phi) is 3.84. The molecule has 2 rings (SSSR count). The number of aromatic nitrogens is 1. The van der Waals surface area contributed by atoms with Crippen LogP contribution in [-0.2, 0) is 5.41 Å². The van der Waals surface area contributed by atoms with Gasteiger partial charge >= 0.3 is 0 Å². The van der Waals surface area contributed by atoms with Crippen molar-refractivity contribution in [3.63, 3.8) is 0 Å². The molecule has 1 aromatic heterocycles. The van der Waals surface area contributed by atoms with E-state index in [1.807, 2.05) is 13.8 Å². The van der Waals surface area contributed by atoms with Gasteiger partial charge in [-0.15, -0.1) is 0 Å². The molecule has 0 unspecified atom stereocenters. The molecule has 0 bridgehead atoms. The number of ether oxygens (including phenoxy) is 1.